The molecule has 0 fully saturated rings. The van der Waals surface area contributed by atoms with Gasteiger partial charge in [-0.15, -0.1) is 0 Å². The number of hydrogen-bond acceptors (Lipinski definition) is 5. The predicted octanol–water partition coefficient (Wildman–Crippen LogP) is 2.70. The maximum Gasteiger partial charge on any atom is 0.244 e. The standard InChI is InChI=1S/C21H26FN5O2S/c1-14-5-8-20-21(25-14)19(15(2)27(20)13-16(22)9-10-23)11-17-6-7-18(12-24-17)30(28,29)26(3)4/h5-9,12H,10-11,13,23H2,1-4H3/b16-9-. The van der Waals surface area contributed by atoms with Gasteiger partial charge in [-0.1, -0.05) is 0 Å². The van der Waals surface area contributed by atoms with Gasteiger partial charge < -0.3 is 10.3 Å². The van der Waals surface area contributed by atoms with E-state index in [1.165, 1.54) is 26.4 Å². The summed E-state index contributed by atoms with van der Waals surface area (Å²) < 4.78 is 41.7. The molecule has 0 radical (unpaired) electrons. The first-order chi connectivity index (χ1) is 14.1. The van der Waals surface area contributed by atoms with Crippen molar-refractivity contribution in [3.8, 4) is 0 Å². The number of rotatable bonds is 7. The second-order valence-corrected chi connectivity index (χ2v) is 9.46. The van der Waals surface area contributed by atoms with Gasteiger partial charge in [-0.2, -0.15) is 0 Å². The second-order valence-electron chi connectivity index (χ2n) is 7.31. The molecule has 3 heterocycles. The summed E-state index contributed by atoms with van der Waals surface area (Å²) in [4.78, 5) is 9.15. The molecule has 0 unspecified atom stereocenters. The van der Waals surface area contributed by atoms with E-state index in [1.807, 2.05) is 30.5 Å². The van der Waals surface area contributed by atoms with Gasteiger partial charge in [-0.25, -0.2) is 17.1 Å². The summed E-state index contributed by atoms with van der Waals surface area (Å²) in [7, 11) is -0.574. The minimum atomic E-state index is -3.53. The Hall–Kier alpha value is -2.62. The van der Waals surface area contributed by atoms with Crippen LogP contribution in [0.15, 0.2) is 47.3 Å². The molecule has 0 aliphatic rings. The van der Waals surface area contributed by atoms with E-state index in [1.54, 1.807) is 12.1 Å². The Bertz CT molecular complexity index is 1200. The van der Waals surface area contributed by atoms with Crippen LogP contribution in [0.25, 0.3) is 11.0 Å². The molecule has 3 rings (SSSR count). The number of sulfonamides is 1. The zero-order valence-corrected chi connectivity index (χ0v) is 18.4. The largest absolute Gasteiger partial charge is 0.336 e. The Labute approximate surface area is 176 Å². The maximum absolute atomic E-state index is 14.2. The van der Waals surface area contributed by atoms with E-state index in [0.29, 0.717) is 12.1 Å². The molecular weight excluding hydrogens is 405 g/mol. The van der Waals surface area contributed by atoms with Crippen molar-refractivity contribution in [2.75, 3.05) is 20.6 Å². The third-order valence-corrected chi connectivity index (χ3v) is 6.81. The Morgan fingerprint density at radius 2 is 1.97 bits per heavy atom. The fourth-order valence-electron chi connectivity index (χ4n) is 3.32. The lowest BCUT2D eigenvalue weighted by Gasteiger charge is -2.11. The van der Waals surface area contributed by atoms with Crippen LogP contribution in [-0.4, -0.2) is 47.9 Å². The number of aryl methyl sites for hydroxylation is 1. The molecule has 3 aromatic rings. The summed E-state index contributed by atoms with van der Waals surface area (Å²) in [5, 5.41) is 0. The Morgan fingerprint density at radius 3 is 2.57 bits per heavy atom. The maximum atomic E-state index is 14.2. The fourth-order valence-corrected chi connectivity index (χ4v) is 4.17. The second kappa shape index (κ2) is 8.63. The molecule has 0 atom stereocenters. The van der Waals surface area contributed by atoms with Crippen LogP contribution in [0.3, 0.4) is 0 Å². The SMILES string of the molecule is Cc1ccc2c(n1)c(Cc1ccc(S(=O)(=O)N(C)C)cn1)c(C)n2C/C(F)=C/CN. The van der Waals surface area contributed by atoms with E-state index < -0.39 is 10.0 Å². The summed E-state index contributed by atoms with van der Waals surface area (Å²) >= 11 is 0. The van der Waals surface area contributed by atoms with Crippen LogP contribution < -0.4 is 5.73 Å². The fraction of sp³-hybridized carbons (Fsp3) is 0.333. The van der Waals surface area contributed by atoms with E-state index in [4.69, 9.17) is 5.73 Å². The summed E-state index contributed by atoms with van der Waals surface area (Å²) in [6, 6.07) is 7.08. The third kappa shape index (κ3) is 4.28. The van der Waals surface area contributed by atoms with E-state index in [-0.39, 0.29) is 23.8 Å². The van der Waals surface area contributed by atoms with Gasteiger partial charge in [-0.05, 0) is 44.2 Å². The number of fused-ring (bicyclic) bond motifs is 1. The van der Waals surface area contributed by atoms with E-state index >= 15 is 0 Å². The number of nitrogens with two attached hydrogens (primary N) is 1. The van der Waals surface area contributed by atoms with Crippen molar-refractivity contribution in [3.63, 3.8) is 0 Å². The zero-order chi connectivity index (χ0) is 22.1. The molecular formula is C21H26FN5O2S. The normalized spacial score (nSPS) is 12.8. The molecule has 3 aromatic heterocycles. The average Bonchev–Trinajstić information content (AvgIpc) is 2.93. The lowest BCUT2D eigenvalue weighted by molar-refractivity contribution is 0.520. The van der Waals surface area contributed by atoms with Gasteiger partial charge in [0.15, 0.2) is 0 Å². The first-order valence-electron chi connectivity index (χ1n) is 9.52. The molecule has 0 spiro atoms. The molecule has 0 aliphatic carbocycles. The van der Waals surface area contributed by atoms with Crippen LogP contribution in [0, 0.1) is 13.8 Å². The molecule has 0 saturated carbocycles. The van der Waals surface area contributed by atoms with Crippen molar-refractivity contribution in [3.05, 3.63) is 65.0 Å². The predicted molar refractivity (Wildman–Crippen MR) is 115 cm³/mol. The van der Waals surface area contributed by atoms with Crippen molar-refractivity contribution in [2.45, 2.75) is 31.7 Å². The van der Waals surface area contributed by atoms with Gasteiger partial charge in [0.25, 0.3) is 0 Å². The van der Waals surface area contributed by atoms with E-state index in [2.05, 4.69) is 9.97 Å². The van der Waals surface area contributed by atoms with Crippen LogP contribution >= 0.6 is 0 Å². The van der Waals surface area contributed by atoms with Gasteiger partial charge in [0, 0.05) is 55.9 Å². The zero-order valence-electron chi connectivity index (χ0n) is 17.6. The lowest BCUT2D eigenvalue weighted by Crippen LogP contribution is -2.22. The smallest absolute Gasteiger partial charge is 0.244 e. The monoisotopic (exact) mass is 431 g/mol. The van der Waals surface area contributed by atoms with Gasteiger partial charge in [-0.3, -0.25) is 9.97 Å². The van der Waals surface area contributed by atoms with Crippen LogP contribution in [0.2, 0.25) is 0 Å². The number of allylic oxidation sites excluding steroid dienone is 1. The van der Waals surface area contributed by atoms with Crippen molar-refractivity contribution < 1.29 is 12.8 Å². The van der Waals surface area contributed by atoms with Crippen LogP contribution in [-0.2, 0) is 23.0 Å². The van der Waals surface area contributed by atoms with Crippen LogP contribution in [0.1, 0.15) is 22.6 Å². The molecule has 0 saturated heterocycles. The van der Waals surface area contributed by atoms with Gasteiger partial charge in [0.1, 0.15) is 10.7 Å². The summed E-state index contributed by atoms with van der Waals surface area (Å²) in [6.45, 7) is 4.05. The van der Waals surface area contributed by atoms with Crippen LogP contribution in [0.4, 0.5) is 4.39 Å². The molecule has 160 valence electrons. The molecule has 0 amide bonds. The number of nitrogens with zero attached hydrogens (tertiary/aromatic N) is 4. The summed E-state index contributed by atoms with van der Waals surface area (Å²) in [5.41, 5.74) is 10.4. The quantitative estimate of drug-likeness (QED) is 0.621. The Morgan fingerprint density at radius 1 is 1.23 bits per heavy atom. The topological polar surface area (TPSA) is 94.1 Å². The van der Waals surface area contributed by atoms with Crippen molar-refractivity contribution in [2.24, 2.45) is 5.73 Å². The first-order valence-corrected chi connectivity index (χ1v) is 11.0. The molecule has 0 aromatic carbocycles. The Balaban J connectivity index is 2.03. The van der Waals surface area contributed by atoms with Crippen molar-refractivity contribution >= 4 is 21.1 Å². The highest BCUT2D eigenvalue weighted by Gasteiger charge is 2.20. The molecule has 2 N–H and O–H groups in total. The van der Waals surface area contributed by atoms with Gasteiger partial charge in [0.05, 0.1) is 17.6 Å². The first kappa shape index (κ1) is 22.1. The minimum absolute atomic E-state index is 0.0811. The van der Waals surface area contributed by atoms with Gasteiger partial charge in [0.2, 0.25) is 10.0 Å². The third-order valence-electron chi connectivity index (χ3n) is 5.01. The minimum Gasteiger partial charge on any atom is -0.336 e. The molecule has 0 aliphatic heterocycles. The number of halogens is 1. The molecule has 30 heavy (non-hydrogen) atoms. The summed E-state index contributed by atoms with van der Waals surface area (Å²) in [5.74, 6) is -0.305. The highest BCUT2D eigenvalue weighted by atomic mass is 32.2. The highest BCUT2D eigenvalue weighted by Crippen LogP contribution is 2.28. The Kier molecular flexibility index (Phi) is 6.35. The number of pyridine rings is 2. The van der Waals surface area contributed by atoms with Crippen molar-refractivity contribution in [1.82, 2.24) is 18.8 Å². The van der Waals surface area contributed by atoms with Gasteiger partial charge >= 0.3 is 0 Å². The molecule has 9 heteroatoms. The number of hydrogen-bond donors (Lipinski definition) is 1. The molecule has 7 nitrogen and oxygen atoms in total. The highest BCUT2D eigenvalue weighted by molar-refractivity contribution is 7.89. The lowest BCUT2D eigenvalue weighted by atomic mass is 10.1. The van der Waals surface area contributed by atoms with Crippen LogP contribution in [0.5, 0.6) is 0 Å². The number of aromatic nitrogens is 3. The molecule has 0 bridgehead atoms. The van der Waals surface area contributed by atoms with Crippen molar-refractivity contribution in [1.29, 1.82) is 0 Å². The van der Waals surface area contributed by atoms with E-state index in [0.717, 1.165) is 32.3 Å². The average molecular weight is 432 g/mol. The van der Waals surface area contributed by atoms with E-state index in [9.17, 15) is 12.8 Å². The summed E-state index contributed by atoms with van der Waals surface area (Å²) in [6.07, 6.45) is 3.18.